The zero-order valence-electron chi connectivity index (χ0n) is 8.45. The minimum absolute atomic E-state index is 0.480. The van der Waals surface area contributed by atoms with Crippen molar-refractivity contribution in [1.82, 2.24) is 0 Å². The maximum atomic E-state index is 10.2. The van der Waals surface area contributed by atoms with E-state index in [0.29, 0.717) is 0 Å². The van der Waals surface area contributed by atoms with Crippen LogP contribution in [0.5, 0.6) is 0 Å². The first-order valence-corrected chi connectivity index (χ1v) is 7.11. The lowest BCUT2D eigenvalue weighted by Crippen LogP contribution is -1.96. The zero-order chi connectivity index (χ0) is 11.0. The van der Waals surface area contributed by atoms with Gasteiger partial charge in [0.2, 0.25) is 0 Å². The summed E-state index contributed by atoms with van der Waals surface area (Å²) in [5.74, 6) is 0. The highest BCUT2D eigenvalue weighted by Gasteiger charge is 2.16. The maximum absolute atomic E-state index is 10.2. The summed E-state index contributed by atoms with van der Waals surface area (Å²) in [6.45, 7) is 4.07. The molecule has 0 bridgehead atoms. The third-order valence-electron chi connectivity index (χ3n) is 2.34. The normalized spacial score (nSPS) is 13.1. The van der Waals surface area contributed by atoms with Gasteiger partial charge in [0.25, 0.3) is 0 Å². The molecule has 0 aliphatic rings. The van der Waals surface area contributed by atoms with Crippen LogP contribution in [0, 0.1) is 13.8 Å². The van der Waals surface area contributed by atoms with E-state index < -0.39 is 6.10 Å². The second-order valence-electron chi connectivity index (χ2n) is 3.52. The summed E-state index contributed by atoms with van der Waals surface area (Å²) in [6, 6.07) is 2.04. The molecule has 80 valence electrons. The largest absolute Gasteiger partial charge is 0.383 e. The van der Waals surface area contributed by atoms with E-state index in [4.69, 9.17) is 0 Å². The van der Waals surface area contributed by atoms with Gasteiger partial charge in [-0.2, -0.15) is 11.3 Å². The molecular weight excluding hydrogens is 292 g/mol. The predicted octanol–water partition coefficient (Wildman–Crippen LogP) is 4.27. The number of aliphatic hydroxyl groups is 1. The van der Waals surface area contributed by atoms with Crippen LogP contribution in [0.4, 0.5) is 0 Å². The minimum atomic E-state index is -0.480. The molecule has 1 unspecified atom stereocenters. The van der Waals surface area contributed by atoms with Gasteiger partial charge in [-0.1, -0.05) is 0 Å². The monoisotopic (exact) mass is 302 g/mol. The molecule has 1 N–H and O–H groups in total. The van der Waals surface area contributed by atoms with Gasteiger partial charge in [0.1, 0.15) is 6.10 Å². The van der Waals surface area contributed by atoms with Gasteiger partial charge in [-0.3, -0.25) is 0 Å². The average Bonchev–Trinajstić information content (AvgIpc) is 2.74. The number of aliphatic hydroxyl groups excluding tert-OH is 1. The van der Waals surface area contributed by atoms with E-state index in [9.17, 15) is 5.11 Å². The van der Waals surface area contributed by atoms with E-state index in [2.05, 4.69) is 21.3 Å². The number of thiophene rings is 2. The number of rotatable bonds is 2. The van der Waals surface area contributed by atoms with Crippen LogP contribution in [0.1, 0.15) is 27.7 Å². The fourth-order valence-electron chi connectivity index (χ4n) is 1.42. The first kappa shape index (κ1) is 11.3. The Morgan fingerprint density at radius 2 is 2.00 bits per heavy atom. The van der Waals surface area contributed by atoms with Gasteiger partial charge in [-0.25, -0.2) is 0 Å². The first-order valence-electron chi connectivity index (χ1n) is 4.56. The van der Waals surface area contributed by atoms with E-state index >= 15 is 0 Å². The molecule has 0 aromatic carbocycles. The molecule has 0 saturated carbocycles. The number of aryl methyl sites for hydroxylation is 2. The Balaban J connectivity index is 2.36. The second-order valence-corrected chi connectivity index (χ2v) is 6.66. The van der Waals surface area contributed by atoms with Gasteiger partial charge in [0.15, 0.2) is 0 Å². The van der Waals surface area contributed by atoms with Crippen molar-refractivity contribution in [2.75, 3.05) is 0 Å². The molecule has 1 nitrogen and oxygen atoms in total. The van der Waals surface area contributed by atoms with Crippen LogP contribution in [0.25, 0.3) is 0 Å². The number of hydrogen-bond donors (Lipinski definition) is 1. The maximum Gasteiger partial charge on any atom is 0.114 e. The van der Waals surface area contributed by atoms with Crippen molar-refractivity contribution in [3.63, 3.8) is 0 Å². The Kier molecular flexibility index (Phi) is 3.30. The summed E-state index contributed by atoms with van der Waals surface area (Å²) in [4.78, 5) is 1.00. The number of halogens is 1. The molecule has 0 fully saturated rings. The topological polar surface area (TPSA) is 20.2 Å². The quantitative estimate of drug-likeness (QED) is 0.878. The summed E-state index contributed by atoms with van der Waals surface area (Å²) < 4.78 is 1.10. The Morgan fingerprint density at radius 1 is 1.27 bits per heavy atom. The van der Waals surface area contributed by atoms with E-state index in [1.165, 1.54) is 5.56 Å². The molecule has 2 heterocycles. The van der Waals surface area contributed by atoms with Crippen molar-refractivity contribution >= 4 is 38.6 Å². The van der Waals surface area contributed by atoms with Crippen LogP contribution in [-0.2, 0) is 0 Å². The molecule has 0 radical (unpaired) electrons. The third kappa shape index (κ3) is 2.18. The van der Waals surface area contributed by atoms with Crippen molar-refractivity contribution in [3.05, 3.63) is 42.2 Å². The number of hydrogen-bond acceptors (Lipinski definition) is 3. The summed E-state index contributed by atoms with van der Waals surface area (Å²) in [7, 11) is 0. The average molecular weight is 303 g/mol. The first-order chi connectivity index (χ1) is 7.09. The second kappa shape index (κ2) is 4.37. The molecule has 1 atom stereocenters. The molecule has 0 amide bonds. The van der Waals surface area contributed by atoms with Crippen LogP contribution in [-0.4, -0.2) is 5.11 Å². The molecule has 0 aliphatic carbocycles. The highest BCUT2D eigenvalue weighted by atomic mass is 79.9. The molecule has 0 aliphatic heterocycles. The van der Waals surface area contributed by atoms with Crippen LogP contribution in [0.3, 0.4) is 0 Å². The predicted molar refractivity (Wildman–Crippen MR) is 69.9 cm³/mol. The van der Waals surface area contributed by atoms with Gasteiger partial charge < -0.3 is 5.11 Å². The Labute approximate surface area is 106 Å². The van der Waals surface area contributed by atoms with Gasteiger partial charge >= 0.3 is 0 Å². The van der Waals surface area contributed by atoms with Gasteiger partial charge in [-0.15, -0.1) is 11.3 Å². The summed E-state index contributed by atoms with van der Waals surface area (Å²) in [6.07, 6.45) is -0.480. The molecule has 2 aromatic heterocycles. The van der Waals surface area contributed by atoms with Gasteiger partial charge in [-0.05, 0) is 63.3 Å². The third-order valence-corrected chi connectivity index (χ3v) is 5.40. The van der Waals surface area contributed by atoms with Crippen molar-refractivity contribution < 1.29 is 5.11 Å². The molecule has 4 heteroatoms. The molecule has 0 spiro atoms. The Hall–Kier alpha value is -0.160. The lowest BCUT2D eigenvalue weighted by atomic mass is 10.1. The van der Waals surface area contributed by atoms with E-state index in [-0.39, 0.29) is 0 Å². The van der Waals surface area contributed by atoms with Crippen molar-refractivity contribution in [2.24, 2.45) is 0 Å². The standard InChI is InChI=1S/C11H11BrOS2/c1-6-3-9(15-11(6)12)10(13)8-5-14-4-7(8)2/h3-5,10,13H,1-2H3. The Bertz CT molecular complexity index is 453. The lowest BCUT2D eigenvalue weighted by Gasteiger charge is -2.07. The summed E-state index contributed by atoms with van der Waals surface area (Å²) >= 11 is 6.71. The van der Waals surface area contributed by atoms with E-state index in [1.54, 1.807) is 22.7 Å². The molecule has 0 saturated heterocycles. The molecule has 2 aromatic rings. The fraction of sp³-hybridized carbons (Fsp3) is 0.273. The van der Waals surface area contributed by atoms with Crippen LogP contribution >= 0.6 is 38.6 Å². The Morgan fingerprint density at radius 3 is 2.47 bits per heavy atom. The van der Waals surface area contributed by atoms with Gasteiger partial charge in [0.05, 0.1) is 3.79 Å². The highest BCUT2D eigenvalue weighted by molar-refractivity contribution is 9.11. The smallest absolute Gasteiger partial charge is 0.114 e. The fourth-order valence-corrected chi connectivity index (χ4v) is 3.87. The minimum Gasteiger partial charge on any atom is -0.383 e. The highest BCUT2D eigenvalue weighted by Crippen LogP contribution is 2.35. The summed E-state index contributed by atoms with van der Waals surface area (Å²) in [5, 5.41) is 14.3. The molecular formula is C11H11BrOS2. The molecule has 2 rings (SSSR count). The van der Waals surface area contributed by atoms with Crippen molar-refractivity contribution in [1.29, 1.82) is 0 Å². The lowest BCUT2D eigenvalue weighted by molar-refractivity contribution is 0.224. The van der Waals surface area contributed by atoms with E-state index in [0.717, 1.165) is 19.8 Å². The van der Waals surface area contributed by atoms with E-state index in [1.807, 2.05) is 25.3 Å². The zero-order valence-corrected chi connectivity index (χ0v) is 11.7. The van der Waals surface area contributed by atoms with Gasteiger partial charge in [0, 0.05) is 4.88 Å². The van der Waals surface area contributed by atoms with Crippen molar-refractivity contribution in [3.8, 4) is 0 Å². The summed E-state index contributed by atoms with van der Waals surface area (Å²) in [5.41, 5.74) is 3.37. The SMILES string of the molecule is Cc1cscc1C(O)c1cc(C)c(Br)s1. The van der Waals surface area contributed by atoms with Crippen LogP contribution in [0.15, 0.2) is 20.6 Å². The van der Waals surface area contributed by atoms with Crippen LogP contribution in [0.2, 0.25) is 0 Å². The van der Waals surface area contributed by atoms with Crippen LogP contribution < -0.4 is 0 Å². The van der Waals surface area contributed by atoms with Crippen molar-refractivity contribution in [2.45, 2.75) is 20.0 Å². The molecule has 15 heavy (non-hydrogen) atoms.